The first-order chi connectivity index (χ1) is 16.3. The number of nitro benzene ring substituents is 1. The molecule has 0 saturated carbocycles. The average Bonchev–Trinajstić information content (AvgIpc) is 3.41. The molecule has 12 heteroatoms. The molecule has 180 valence electrons. The van der Waals surface area contributed by atoms with Crippen LogP contribution in [0.5, 0.6) is 28.7 Å². The highest BCUT2D eigenvalue weighted by atomic mass is 127. The van der Waals surface area contributed by atoms with Crippen LogP contribution in [0, 0.1) is 13.7 Å². The summed E-state index contributed by atoms with van der Waals surface area (Å²) in [5.41, 5.74) is 1.55. The number of cyclic esters (lactones) is 1. The van der Waals surface area contributed by atoms with Crippen LogP contribution in [0.1, 0.15) is 39.2 Å². The average molecular weight is 584 g/mol. The number of hydrogen-bond acceptors (Lipinski definition) is 10. The topological polar surface area (TPSA) is 119 Å². The van der Waals surface area contributed by atoms with Crippen molar-refractivity contribution in [3.05, 3.63) is 42.0 Å². The summed E-state index contributed by atoms with van der Waals surface area (Å²) < 4.78 is 34.1. The Bertz CT molecular complexity index is 1230. The SMILES string of the molecule is COc1c(I)c2c(c([N+](=O)[O-])c1OC)C(=O)O[C@@H]2[C@@H]1c2c(cc3c(c2OC)OCO3)CCN1C. The van der Waals surface area contributed by atoms with Crippen LogP contribution in [0.3, 0.4) is 0 Å². The second-order valence-corrected chi connectivity index (χ2v) is 9.07. The van der Waals surface area contributed by atoms with Crippen LogP contribution in [0.2, 0.25) is 0 Å². The zero-order chi connectivity index (χ0) is 24.3. The zero-order valence-corrected chi connectivity index (χ0v) is 21.0. The standard InChI is InChI=1S/C22H21IN2O9/c1-24-6-5-9-7-10-17(33-8-32-10)19(29-2)11(9)15(24)18-12-13(22(26)34-18)16(25(27)28)21(31-4)20(30-3)14(12)23/h7,15,18H,5-6,8H2,1-4H3/t15-,18-/m0/s1. The van der Waals surface area contributed by atoms with Crippen LogP contribution in [-0.4, -0.2) is 57.5 Å². The van der Waals surface area contributed by atoms with Gasteiger partial charge in [-0.3, -0.25) is 15.0 Å². The lowest BCUT2D eigenvalue weighted by Gasteiger charge is -2.38. The summed E-state index contributed by atoms with van der Waals surface area (Å²) in [4.78, 5) is 26.5. The van der Waals surface area contributed by atoms with Crippen molar-refractivity contribution in [1.29, 1.82) is 0 Å². The molecule has 0 spiro atoms. The molecule has 2 aromatic carbocycles. The van der Waals surface area contributed by atoms with Gasteiger partial charge in [0.2, 0.25) is 18.3 Å². The van der Waals surface area contributed by atoms with E-state index in [4.69, 9.17) is 28.4 Å². The monoisotopic (exact) mass is 584 g/mol. The third-order valence-electron chi connectivity index (χ3n) is 6.42. The minimum Gasteiger partial charge on any atom is -0.492 e. The highest BCUT2D eigenvalue weighted by molar-refractivity contribution is 14.1. The van der Waals surface area contributed by atoms with E-state index in [0.717, 1.165) is 11.1 Å². The molecule has 0 bridgehead atoms. The van der Waals surface area contributed by atoms with Gasteiger partial charge in [0, 0.05) is 17.7 Å². The van der Waals surface area contributed by atoms with E-state index in [1.807, 2.05) is 40.6 Å². The van der Waals surface area contributed by atoms with Crippen molar-refractivity contribution < 1.29 is 38.1 Å². The Balaban J connectivity index is 1.78. The summed E-state index contributed by atoms with van der Waals surface area (Å²) in [6.45, 7) is 0.743. The number of methoxy groups -OCH3 is 3. The first-order valence-corrected chi connectivity index (χ1v) is 11.4. The molecule has 34 heavy (non-hydrogen) atoms. The summed E-state index contributed by atoms with van der Waals surface area (Å²) in [5.74, 6) is 0.847. The van der Waals surface area contributed by atoms with Crippen molar-refractivity contribution in [1.82, 2.24) is 4.90 Å². The molecular formula is C22H21IN2O9. The third-order valence-corrected chi connectivity index (χ3v) is 7.49. The second kappa shape index (κ2) is 8.34. The van der Waals surface area contributed by atoms with Gasteiger partial charge in [-0.15, -0.1) is 0 Å². The van der Waals surface area contributed by atoms with Crippen LogP contribution >= 0.6 is 22.6 Å². The predicted molar refractivity (Wildman–Crippen MR) is 125 cm³/mol. The fraction of sp³-hybridized carbons (Fsp3) is 0.409. The van der Waals surface area contributed by atoms with E-state index in [1.54, 1.807) is 7.11 Å². The number of likely N-dealkylation sites (N-methyl/N-ethyl adjacent to an activating group) is 1. The maximum absolute atomic E-state index is 13.1. The molecule has 0 aromatic heterocycles. The fourth-order valence-corrected chi connectivity index (χ4v) is 6.05. The van der Waals surface area contributed by atoms with Gasteiger partial charge in [-0.2, -0.15) is 0 Å². The molecule has 3 aliphatic rings. The van der Waals surface area contributed by atoms with E-state index < -0.39 is 28.7 Å². The van der Waals surface area contributed by atoms with E-state index >= 15 is 0 Å². The van der Waals surface area contributed by atoms with Gasteiger partial charge >= 0.3 is 11.7 Å². The number of hydrogen-bond donors (Lipinski definition) is 0. The molecule has 3 heterocycles. The van der Waals surface area contributed by atoms with Crippen LogP contribution in [0.25, 0.3) is 0 Å². The van der Waals surface area contributed by atoms with Gasteiger partial charge in [-0.1, -0.05) is 0 Å². The van der Waals surface area contributed by atoms with Crippen LogP contribution < -0.4 is 23.7 Å². The molecule has 3 aliphatic heterocycles. The maximum Gasteiger partial charge on any atom is 0.346 e. The summed E-state index contributed by atoms with van der Waals surface area (Å²) >= 11 is 2.02. The quantitative estimate of drug-likeness (QED) is 0.224. The molecule has 0 unspecified atom stereocenters. The van der Waals surface area contributed by atoms with Crippen molar-refractivity contribution >= 4 is 34.2 Å². The summed E-state index contributed by atoms with van der Waals surface area (Å²) in [5, 5.41) is 12.0. The van der Waals surface area contributed by atoms with Crippen molar-refractivity contribution in [3.8, 4) is 28.7 Å². The van der Waals surface area contributed by atoms with E-state index in [2.05, 4.69) is 0 Å². The van der Waals surface area contributed by atoms with Gasteiger partial charge in [0.15, 0.2) is 17.2 Å². The van der Waals surface area contributed by atoms with Gasteiger partial charge < -0.3 is 28.4 Å². The molecule has 0 amide bonds. The number of halogens is 1. The van der Waals surface area contributed by atoms with E-state index in [-0.39, 0.29) is 23.9 Å². The Morgan fingerprint density at radius 1 is 1.12 bits per heavy atom. The molecule has 2 atom stereocenters. The lowest BCUT2D eigenvalue weighted by atomic mass is 9.85. The number of fused-ring (bicyclic) bond motifs is 3. The summed E-state index contributed by atoms with van der Waals surface area (Å²) in [6.07, 6.45) is -0.141. The molecule has 0 saturated heterocycles. The Labute approximate surface area is 208 Å². The van der Waals surface area contributed by atoms with Crippen molar-refractivity contribution in [2.24, 2.45) is 0 Å². The number of ether oxygens (including phenoxy) is 6. The number of carbonyl (C=O) groups is 1. The number of nitro groups is 1. The van der Waals surface area contributed by atoms with E-state index in [1.165, 1.54) is 14.2 Å². The Morgan fingerprint density at radius 3 is 2.47 bits per heavy atom. The number of rotatable bonds is 5. The molecule has 11 nitrogen and oxygen atoms in total. The zero-order valence-electron chi connectivity index (χ0n) is 18.8. The third kappa shape index (κ3) is 3.07. The molecule has 0 fully saturated rings. The van der Waals surface area contributed by atoms with Crippen LogP contribution in [-0.2, 0) is 11.2 Å². The lowest BCUT2D eigenvalue weighted by molar-refractivity contribution is -0.386. The Morgan fingerprint density at radius 2 is 1.82 bits per heavy atom. The normalized spacial score (nSPS) is 20.4. The number of esters is 1. The summed E-state index contributed by atoms with van der Waals surface area (Å²) in [7, 11) is 6.14. The predicted octanol–water partition coefficient (Wildman–Crippen LogP) is 3.39. The van der Waals surface area contributed by atoms with Gasteiger partial charge in [0.25, 0.3) is 0 Å². The number of benzene rings is 2. The Hall–Kier alpha value is -3.00. The number of carbonyl (C=O) groups excluding carboxylic acids is 1. The van der Waals surface area contributed by atoms with Crippen LogP contribution in [0.4, 0.5) is 5.69 Å². The molecule has 0 radical (unpaired) electrons. The molecule has 2 aromatic rings. The van der Waals surface area contributed by atoms with E-state index in [9.17, 15) is 14.9 Å². The van der Waals surface area contributed by atoms with Crippen LogP contribution in [0.15, 0.2) is 6.07 Å². The van der Waals surface area contributed by atoms with Gasteiger partial charge in [-0.05, 0) is 47.7 Å². The van der Waals surface area contributed by atoms with Crippen molar-refractivity contribution in [3.63, 3.8) is 0 Å². The smallest absolute Gasteiger partial charge is 0.346 e. The van der Waals surface area contributed by atoms with E-state index in [0.29, 0.717) is 39.3 Å². The second-order valence-electron chi connectivity index (χ2n) is 7.99. The molecular weight excluding hydrogens is 563 g/mol. The molecule has 5 rings (SSSR count). The summed E-state index contributed by atoms with van der Waals surface area (Å²) in [6, 6.07) is 1.42. The highest BCUT2D eigenvalue weighted by Gasteiger charge is 2.50. The minimum absolute atomic E-state index is 0.0808. The largest absolute Gasteiger partial charge is 0.492 e. The first kappa shape index (κ1) is 22.8. The molecule has 0 N–H and O–H groups in total. The van der Waals surface area contributed by atoms with Gasteiger partial charge in [0.1, 0.15) is 11.7 Å². The van der Waals surface area contributed by atoms with Crippen molar-refractivity contribution in [2.75, 3.05) is 41.7 Å². The van der Waals surface area contributed by atoms with Crippen molar-refractivity contribution in [2.45, 2.75) is 18.6 Å². The van der Waals surface area contributed by atoms with Gasteiger partial charge in [0.05, 0.1) is 35.9 Å². The maximum atomic E-state index is 13.1. The number of nitrogens with zero attached hydrogens (tertiary/aromatic N) is 2. The first-order valence-electron chi connectivity index (χ1n) is 10.4. The molecule has 0 aliphatic carbocycles. The van der Waals surface area contributed by atoms with Gasteiger partial charge in [-0.25, -0.2) is 4.79 Å². The Kier molecular flexibility index (Phi) is 5.59. The minimum atomic E-state index is -0.855. The highest BCUT2D eigenvalue weighted by Crippen LogP contribution is 2.57. The lowest BCUT2D eigenvalue weighted by Crippen LogP contribution is -2.36. The fourth-order valence-electron chi connectivity index (χ4n) is 5.01.